The maximum absolute atomic E-state index is 11.7. The summed E-state index contributed by atoms with van der Waals surface area (Å²) in [5.41, 5.74) is 3.15. The standard InChI is InChI=1S/C15H11ClI2N2O3/c16-10-2-1-3-11(6-10)23-8-14(21)20-19-7-9-4-12(17)15(22)13(18)5-9/h1-7,22H,8H2,(H,20,21)/b19-7+. The summed E-state index contributed by atoms with van der Waals surface area (Å²) < 4.78 is 6.73. The molecule has 2 rings (SSSR count). The molecule has 120 valence electrons. The summed E-state index contributed by atoms with van der Waals surface area (Å²) in [6, 6.07) is 10.3. The number of carbonyl (C=O) groups is 1. The third-order valence-corrected chi connectivity index (χ3v) is 4.49. The minimum Gasteiger partial charge on any atom is -0.506 e. The van der Waals surface area contributed by atoms with Gasteiger partial charge in [-0.15, -0.1) is 0 Å². The van der Waals surface area contributed by atoms with Gasteiger partial charge in [0, 0.05) is 5.02 Å². The van der Waals surface area contributed by atoms with Crippen LogP contribution < -0.4 is 10.2 Å². The van der Waals surface area contributed by atoms with Crippen molar-refractivity contribution in [2.45, 2.75) is 0 Å². The summed E-state index contributed by atoms with van der Waals surface area (Å²) in [7, 11) is 0. The van der Waals surface area contributed by atoms with Crippen molar-refractivity contribution < 1.29 is 14.6 Å². The van der Waals surface area contributed by atoms with Crippen LogP contribution in [0.5, 0.6) is 11.5 Å². The van der Waals surface area contributed by atoms with E-state index in [2.05, 4.69) is 10.5 Å². The first-order valence-corrected chi connectivity index (χ1v) is 8.87. The zero-order valence-electron chi connectivity index (χ0n) is 11.6. The second kappa shape index (κ2) is 8.69. The van der Waals surface area contributed by atoms with Gasteiger partial charge in [-0.25, -0.2) is 5.43 Å². The Morgan fingerprint density at radius 1 is 1.30 bits per heavy atom. The largest absolute Gasteiger partial charge is 0.506 e. The molecule has 2 N–H and O–H groups in total. The molecule has 0 spiro atoms. The molecular weight excluding hydrogens is 545 g/mol. The summed E-state index contributed by atoms with van der Waals surface area (Å²) in [4.78, 5) is 11.7. The van der Waals surface area contributed by atoms with Gasteiger partial charge < -0.3 is 9.84 Å². The summed E-state index contributed by atoms with van der Waals surface area (Å²) in [5, 5.41) is 14.1. The highest BCUT2D eigenvalue weighted by molar-refractivity contribution is 14.1. The molecule has 8 heteroatoms. The highest BCUT2D eigenvalue weighted by Gasteiger charge is 2.05. The van der Waals surface area contributed by atoms with E-state index in [1.165, 1.54) is 6.21 Å². The van der Waals surface area contributed by atoms with E-state index in [0.717, 1.165) is 5.56 Å². The third kappa shape index (κ3) is 5.81. The summed E-state index contributed by atoms with van der Waals surface area (Å²) in [5.74, 6) is 0.367. The molecule has 2 aromatic rings. The number of benzene rings is 2. The highest BCUT2D eigenvalue weighted by Crippen LogP contribution is 2.26. The molecule has 0 aromatic heterocycles. The van der Waals surface area contributed by atoms with Gasteiger partial charge in [0.05, 0.1) is 13.4 Å². The molecule has 1 amide bonds. The number of phenols is 1. The van der Waals surface area contributed by atoms with Crippen LogP contribution in [-0.2, 0) is 4.79 Å². The van der Waals surface area contributed by atoms with Crippen LogP contribution in [0.3, 0.4) is 0 Å². The number of ether oxygens (including phenoxy) is 1. The van der Waals surface area contributed by atoms with Crippen LogP contribution in [0.2, 0.25) is 5.02 Å². The molecule has 0 saturated heterocycles. The van der Waals surface area contributed by atoms with E-state index in [1.807, 2.05) is 45.2 Å². The van der Waals surface area contributed by atoms with Crippen LogP contribution in [0.15, 0.2) is 41.5 Å². The van der Waals surface area contributed by atoms with E-state index in [4.69, 9.17) is 16.3 Å². The molecule has 0 fully saturated rings. The van der Waals surface area contributed by atoms with Crippen LogP contribution >= 0.6 is 56.8 Å². The number of nitrogens with one attached hydrogen (secondary N) is 1. The second-order valence-electron chi connectivity index (χ2n) is 4.37. The van der Waals surface area contributed by atoms with Crippen LogP contribution in [-0.4, -0.2) is 23.8 Å². The topological polar surface area (TPSA) is 70.9 Å². The number of halogens is 3. The number of hydrazone groups is 1. The number of hydrogen-bond donors (Lipinski definition) is 2. The molecule has 0 radical (unpaired) electrons. The Morgan fingerprint density at radius 3 is 2.65 bits per heavy atom. The molecule has 0 atom stereocenters. The van der Waals surface area contributed by atoms with Gasteiger partial charge in [-0.1, -0.05) is 17.7 Å². The third-order valence-electron chi connectivity index (χ3n) is 2.61. The Kier molecular flexibility index (Phi) is 6.90. The number of rotatable bonds is 5. The normalized spacial score (nSPS) is 10.7. The molecule has 0 aliphatic carbocycles. The van der Waals surface area contributed by atoms with E-state index < -0.39 is 0 Å². The van der Waals surface area contributed by atoms with Crippen molar-refractivity contribution in [1.82, 2.24) is 5.43 Å². The Balaban J connectivity index is 1.86. The van der Waals surface area contributed by atoms with E-state index in [9.17, 15) is 9.90 Å². The Morgan fingerprint density at radius 2 is 2.00 bits per heavy atom. The average molecular weight is 557 g/mol. The minimum absolute atomic E-state index is 0.164. The van der Waals surface area contributed by atoms with Gasteiger partial charge in [0.1, 0.15) is 11.5 Å². The highest BCUT2D eigenvalue weighted by atomic mass is 127. The van der Waals surface area contributed by atoms with Crippen molar-refractivity contribution in [3.8, 4) is 11.5 Å². The van der Waals surface area contributed by atoms with Crippen LogP contribution in [0, 0.1) is 7.14 Å². The molecule has 0 saturated carbocycles. The first kappa shape index (κ1) is 18.3. The molecular formula is C15H11ClI2N2O3. The average Bonchev–Trinajstić information content (AvgIpc) is 2.50. The predicted molar refractivity (Wildman–Crippen MR) is 106 cm³/mol. The van der Waals surface area contributed by atoms with Crippen LogP contribution in [0.4, 0.5) is 0 Å². The summed E-state index contributed by atoms with van der Waals surface area (Å²) in [6.07, 6.45) is 1.50. The van der Waals surface area contributed by atoms with Crippen molar-refractivity contribution >= 4 is 68.9 Å². The van der Waals surface area contributed by atoms with Crippen molar-refractivity contribution in [3.63, 3.8) is 0 Å². The van der Waals surface area contributed by atoms with Gasteiger partial charge in [0.2, 0.25) is 0 Å². The summed E-state index contributed by atoms with van der Waals surface area (Å²) >= 11 is 9.88. The second-order valence-corrected chi connectivity index (χ2v) is 7.13. The molecule has 0 heterocycles. The fourth-order valence-corrected chi connectivity index (χ4v) is 3.57. The van der Waals surface area contributed by atoms with Gasteiger partial charge in [0.25, 0.3) is 5.91 Å². The molecule has 0 unspecified atom stereocenters. The smallest absolute Gasteiger partial charge is 0.277 e. The van der Waals surface area contributed by atoms with Crippen molar-refractivity contribution in [2.24, 2.45) is 5.10 Å². The maximum atomic E-state index is 11.7. The molecule has 2 aromatic carbocycles. The minimum atomic E-state index is -0.385. The first-order chi connectivity index (χ1) is 11.0. The van der Waals surface area contributed by atoms with E-state index in [0.29, 0.717) is 17.9 Å². The number of carbonyl (C=O) groups excluding carboxylic acids is 1. The quantitative estimate of drug-likeness (QED) is 0.335. The monoisotopic (exact) mass is 556 g/mol. The van der Waals surface area contributed by atoms with Crippen molar-refractivity contribution in [2.75, 3.05) is 6.61 Å². The maximum Gasteiger partial charge on any atom is 0.277 e. The zero-order valence-corrected chi connectivity index (χ0v) is 16.7. The van der Waals surface area contributed by atoms with Crippen molar-refractivity contribution in [3.05, 3.63) is 54.1 Å². The zero-order chi connectivity index (χ0) is 16.8. The van der Waals surface area contributed by atoms with E-state index in [-0.39, 0.29) is 18.3 Å². The lowest BCUT2D eigenvalue weighted by molar-refractivity contribution is -0.123. The molecule has 0 bridgehead atoms. The number of hydrogen-bond acceptors (Lipinski definition) is 4. The fourth-order valence-electron chi connectivity index (χ4n) is 1.58. The van der Waals surface area contributed by atoms with Crippen molar-refractivity contribution in [1.29, 1.82) is 0 Å². The van der Waals surface area contributed by atoms with Gasteiger partial charge in [-0.05, 0) is 81.1 Å². The fraction of sp³-hybridized carbons (Fsp3) is 0.0667. The van der Waals surface area contributed by atoms with Gasteiger partial charge in [-0.2, -0.15) is 5.10 Å². The first-order valence-electron chi connectivity index (χ1n) is 6.34. The van der Waals surface area contributed by atoms with E-state index in [1.54, 1.807) is 36.4 Å². The van der Waals surface area contributed by atoms with Gasteiger partial charge in [-0.3, -0.25) is 4.79 Å². The number of phenolic OH excluding ortho intramolecular Hbond substituents is 1. The van der Waals surface area contributed by atoms with Gasteiger partial charge >= 0.3 is 0 Å². The molecule has 0 aliphatic rings. The Bertz CT molecular complexity index is 730. The molecule has 0 aliphatic heterocycles. The number of aromatic hydroxyl groups is 1. The van der Waals surface area contributed by atoms with E-state index >= 15 is 0 Å². The molecule has 5 nitrogen and oxygen atoms in total. The van der Waals surface area contributed by atoms with Gasteiger partial charge in [0.15, 0.2) is 6.61 Å². The summed E-state index contributed by atoms with van der Waals surface area (Å²) in [6.45, 7) is -0.164. The molecule has 23 heavy (non-hydrogen) atoms. The predicted octanol–water partition coefficient (Wildman–Crippen LogP) is 3.78. The Hall–Kier alpha value is -1.07. The lowest BCUT2D eigenvalue weighted by Crippen LogP contribution is -2.24. The van der Waals surface area contributed by atoms with Crippen LogP contribution in [0.25, 0.3) is 0 Å². The lowest BCUT2D eigenvalue weighted by Gasteiger charge is -2.05. The number of amides is 1. The number of nitrogens with zero attached hydrogens (tertiary/aromatic N) is 1. The Labute approximate surface area is 165 Å². The lowest BCUT2D eigenvalue weighted by atomic mass is 10.2. The van der Waals surface area contributed by atoms with Crippen LogP contribution in [0.1, 0.15) is 5.56 Å². The SMILES string of the molecule is O=C(COc1cccc(Cl)c1)N/N=C/c1cc(I)c(O)c(I)c1.